The van der Waals surface area contributed by atoms with E-state index in [-0.39, 0.29) is 6.04 Å². The highest BCUT2D eigenvalue weighted by Crippen LogP contribution is 2.34. The van der Waals surface area contributed by atoms with E-state index in [0.717, 1.165) is 22.3 Å². The molecule has 0 atom stereocenters. The molecule has 0 fully saturated rings. The lowest BCUT2D eigenvalue weighted by Crippen LogP contribution is -2.44. The zero-order chi connectivity index (χ0) is 16.8. The van der Waals surface area contributed by atoms with Crippen molar-refractivity contribution in [2.45, 2.75) is 19.9 Å². The standard InChI is InChI=1S/C19H19N5/c1-12(2)24-19-16(18(20)21-11-22-19)17(23(24)3)15-10-6-8-13-7-4-5-9-14(13)15/h4-12,20H,1-3H3/p+1. The van der Waals surface area contributed by atoms with Crippen LogP contribution in [0.4, 0.5) is 5.82 Å². The van der Waals surface area contributed by atoms with Gasteiger partial charge in [-0.1, -0.05) is 42.5 Å². The Bertz CT molecular complexity index is 1060. The minimum Gasteiger partial charge on any atom is -0.383 e. The van der Waals surface area contributed by atoms with E-state index in [2.05, 4.69) is 82.7 Å². The molecule has 0 amide bonds. The van der Waals surface area contributed by atoms with E-state index in [0.29, 0.717) is 5.82 Å². The summed E-state index contributed by atoms with van der Waals surface area (Å²) >= 11 is 0. The average Bonchev–Trinajstić information content (AvgIpc) is 2.88. The summed E-state index contributed by atoms with van der Waals surface area (Å²) in [6, 6.07) is 15.0. The summed E-state index contributed by atoms with van der Waals surface area (Å²) in [7, 11) is 2.05. The van der Waals surface area contributed by atoms with Crippen LogP contribution in [0.5, 0.6) is 0 Å². The number of hydrogen-bond acceptors (Lipinski definition) is 3. The summed E-state index contributed by atoms with van der Waals surface area (Å²) in [5.74, 6) is 0.512. The van der Waals surface area contributed by atoms with Crippen molar-refractivity contribution in [3.05, 3.63) is 48.8 Å². The maximum atomic E-state index is 6.24. The molecule has 0 aliphatic rings. The summed E-state index contributed by atoms with van der Waals surface area (Å²) in [5, 5.41) is 3.31. The first-order valence-electron chi connectivity index (χ1n) is 8.08. The second-order valence-corrected chi connectivity index (χ2v) is 6.29. The van der Waals surface area contributed by atoms with E-state index in [1.54, 1.807) is 0 Å². The van der Waals surface area contributed by atoms with Gasteiger partial charge < -0.3 is 5.73 Å². The van der Waals surface area contributed by atoms with Crippen molar-refractivity contribution in [2.24, 2.45) is 7.05 Å². The molecule has 0 radical (unpaired) electrons. The van der Waals surface area contributed by atoms with E-state index in [4.69, 9.17) is 5.73 Å². The molecule has 2 N–H and O–H groups in total. The first kappa shape index (κ1) is 14.6. The highest BCUT2D eigenvalue weighted by Gasteiger charge is 2.27. The molecule has 5 nitrogen and oxygen atoms in total. The normalized spacial score (nSPS) is 11.7. The van der Waals surface area contributed by atoms with Gasteiger partial charge >= 0.3 is 5.65 Å². The Morgan fingerprint density at radius 3 is 2.58 bits per heavy atom. The quantitative estimate of drug-likeness (QED) is 0.577. The van der Waals surface area contributed by atoms with E-state index in [1.807, 2.05) is 0 Å². The lowest BCUT2D eigenvalue weighted by atomic mass is 10.0. The number of anilines is 1. The molecule has 0 bridgehead atoms. The molecule has 0 saturated heterocycles. The lowest BCUT2D eigenvalue weighted by Gasteiger charge is -2.10. The third kappa shape index (κ3) is 1.98. The Kier molecular flexibility index (Phi) is 3.23. The number of aromatic nitrogens is 4. The van der Waals surface area contributed by atoms with Gasteiger partial charge in [-0.15, -0.1) is 4.68 Å². The maximum absolute atomic E-state index is 6.24. The van der Waals surface area contributed by atoms with Crippen LogP contribution in [0, 0.1) is 0 Å². The van der Waals surface area contributed by atoms with Gasteiger partial charge in [-0.3, -0.25) is 0 Å². The van der Waals surface area contributed by atoms with Crippen LogP contribution in [0.15, 0.2) is 48.8 Å². The molecule has 24 heavy (non-hydrogen) atoms. The Labute approximate surface area is 140 Å². The number of nitrogens with two attached hydrogens (primary N) is 1. The molecule has 120 valence electrons. The van der Waals surface area contributed by atoms with Crippen LogP contribution in [-0.2, 0) is 7.05 Å². The molecule has 0 aliphatic heterocycles. The minimum atomic E-state index is 0.260. The van der Waals surface area contributed by atoms with Crippen LogP contribution in [0.2, 0.25) is 0 Å². The van der Waals surface area contributed by atoms with Crippen LogP contribution >= 0.6 is 0 Å². The Morgan fingerprint density at radius 2 is 1.79 bits per heavy atom. The van der Waals surface area contributed by atoms with E-state index < -0.39 is 0 Å². The van der Waals surface area contributed by atoms with Gasteiger partial charge in [-0.05, 0) is 29.6 Å². The van der Waals surface area contributed by atoms with Crippen molar-refractivity contribution in [2.75, 3.05) is 5.73 Å². The highest BCUT2D eigenvalue weighted by molar-refractivity contribution is 6.05. The zero-order valence-corrected chi connectivity index (χ0v) is 14.1. The molecule has 4 rings (SSSR count). The molecular weight excluding hydrogens is 298 g/mol. The summed E-state index contributed by atoms with van der Waals surface area (Å²) < 4.78 is 4.30. The first-order valence-corrected chi connectivity index (χ1v) is 8.08. The molecule has 0 spiro atoms. The van der Waals surface area contributed by atoms with Crippen LogP contribution in [-0.4, -0.2) is 14.6 Å². The fourth-order valence-corrected chi connectivity index (χ4v) is 3.53. The summed E-state index contributed by atoms with van der Waals surface area (Å²) in [6.45, 7) is 4.29. The fourth-order valence-electron chi connectivity index (χ4n) is 3.53. The van der Waals surface area contributed by atoms with Crippen LogP contribution in [0.25, 0.3) is 33.1 Å². The molecule has 2 aromatic carbocycles. The number of fused-ring (bicyclic) bond motifs is 2. The van der Waals surface area contributed by atoms with Gasteiger partial charge in [0.2, 0.25) is 6.33 Å². The number of benzene rings is 2. The van der Waals surface area contributed by atoms with Crippen LogP contribution in [0.3, 0.4) is 0 Å². The molecule has 5 heteroatoms. The van der Waals surface area contributed by atoms with Crippen molar-refractivity contribution in [3.8, 4) is 11.3 Å². The number of nitrogen functional groups attached to an aromatic ring is 1. The predicted molar refractivity (Wildman–Crippen MR) is 96.4 cm³/mol. The topological polar surface area (TPSA) is 60.6 Å². The highest BCUT2D eigenvalue weighted by atomic mass is 15.4. The Balaban J connectivity index is 2.20. The van der Waals surface area contributed by atoms with Crippen molar-refractivity contribution in [1.82, 2.24) is 14.6 Å². The number of nitrogens with zero attached hydrogens (tertiary/aromatic N) is 4. The van der Waals surface area contributed by atoms with Crippen molar-refractivity contribution >= 4 is 27.6 Å². The number of rotatable bonds is 2. The maximum Gasteiger partial charge on any atom is 0.357 e. The molecule has 0 unspecified atom stereocenters. The van der Waals surface area contributed by atoms with Crippen molar-refractivity contribution < 1.29 is 4.68 Å². The molecule has 2 aromatic heterocycles. The Hall–Kier alpha value is -2.95. The van der Waals surface area contributed by atoms with E-state index >= 15 is 0 Å². The SMILES string of the molecule is CC(C)[n+]1c2ncnc(N)c2c(-c2cccc3ccccc23)n1C. The monoisotopic (exact) mass is 318 g/mol. The smallest absolute Gasteiger partial charge is 0.357 e. The lowest BCUT2D eigenvalue weighted by molar-refractivity contribution is -0.768. The summed E-state index contributed by atoms with van der Waals surface area (Å²) in [5.41, 5.74) is 9.30. The molecular formula is C19H20N5+. The zero-order valence-electron chi connectivity index (χ0n) is 14.1. The van der Waals surface area contributed by atoms with Gasteiger partial charge in [0.05, 0.1) is 0 Å². The van der Waals surface area contributed by atoms with Gasteiger partial charge in [0.25, 0.3) is 0 Å². The van der Waals surface area contributed by atoms with E-state index in [1.165, 1.54) is 17.1 Å². The summed E-state index contributed by atoms with van der Waals surface area (Å²) in [4.78, 5) is 8.73. The van der Waals surface area contributed by atoms with Gasteiger partial charge in [0.15, 0.2) is 0 Å². The third-order valence-corrected chi connectivity index (χ3v) is 4.49. The Morgan fingerprint density at radius 1 is 1.04 bits per heavy atom. The minimum absolute atomic E-state index is 0.260. The fraction of sp³-hybridized carbons (Fsp3) is 0.211. The predicted octanol–water partition coefficient (Wildman–Crippen LogP) is 3.24. The largest absolute Gasteiger partial charge is 0.383 e. The molecule has 4 aromatic rings. The van der Waals surface area contributed by atoms with Gasteiger partial charge in [0, 0.05) is 12.6 Å². The summed E-state index contributed by atoms with van der Waals surface area (Å²) in [6.07, 6.45) is 1.53. The molecule has 0 saturated carbocycles. The van der Waals surface area contributed by atoms with Gasteiger partial charge in [-0.2, -0.15) is 4.98 Å². The van der Waals surface area contributed by atoms with Crippen LogP contribution in [0.1, 0.15) is 19.9 Å². The average molecular weight is 318 g/mol. The van der Waals surface area contributed by atoms with Gasteiger partial charge in [-0.25, -0.2) is 4.68 Å². The number of hydrogen-bond donors (Lipinski definition) is 1. The second kappa shape index (κ2) is 5.30. The second-order valence-electron chi connectivity index (χ2n) is 6.29. The van der Waals surface area contributed by atoms with Gasteiger partial charge in [0.1, 0.15) is 22.9 Å². The van der Waals surface area contributed by atoms with Crippen LogP contribution < -0.4 is 10.4 Å². The van der Waals surface area contributed by atoms with Crippen molar-refractivity contribution in [1.29, 1.82) is 0 Å². The van der Waals surface area contributed by atoms with Crippen molar-refractivity contribution in [3.63, 3.8) is 0 Å². The van der Waals surface area contributed by atoms with E-state index in [9.17, 15) is 0 Å². The molecule has 2 heterocycles. The molecule has 0 aliphatic carbocycles. The third-order valence-electron chi connectivity index (χ3n) is 4.49. The first-order chi connectivity index (χ1) is 11.6.